The Bertz CT molecular complexity index is 359. The SMILES string of the molecule is CCCOc1ccnc(OC2CCC(N)C2)n1. The maximum absolute atomic E-state index is 5.83. The van der Waals surface area contributed by atoms with Crippen LogP contribution < -0.4 is 15.2 Å². The third-order valence-corrected chi connectivity index (χ3v) is 2.76. The fourth-order valence-corrected chi connectivity index (χ4v) is 1.90. The van der Waals surface area contributed by atoms with E-state index < -0.39 is 0 Å². The van der Waals surface area contributed by atoms with Crippen molar-refractivity contribution in [3.8, 4) is 11.9 Å². The van der Waals surface area contributed by atoms with Gasteiger partial charge in [0.2, 0.25) is 5.88 Å². The monoisotopic (exact) mass is 237 g/mol. The van der Waals surface area contributed by atoms with Gasteiger partial charge >= 0.3 is 6.01 Å². The Kier molecular flexibility index (Phi) is 4.14. The molecule has 0 aliphatic heterocycles. The molecule has 1 fully saturated rings. The first kappa shape index (κ1) is 12.1. The largest absolute Gasteiger partial charge is 0.478 e. The van der Waals surface area contributed by atoms with Crippen molar-refractivity contribution >= 4 is 0 Å². The minimum absolute atomic E-state index is 0.145. The van der Waals surface area contributed by atoms with Gasteiger partial charge in [0.1, 0.15) is 6.10 Å². The second-order valence-corrected chi connectivity index (χ2v) is 4.34. The minimum atomic E-state index is 0.145. The minimum Gasteiger partial charge on any atom is -0.478 e. The van der Waals surface area contributed by atoms with E-state index in [1.807, 2.05) is 0 Å². The van der Waals surface area contributed by atoms with Crippen LogP contribution in [0.2, 0.25) is 0 Å². The van der Waals surface area contributed by atoms with Gasteiger partial charge < -0.3 is 15.2 Å². The maximum Gasteiger partial charge on any atom is 0.319 e. The van der Waals surface area contributed by atoms with E-state index in [0.29, 0.717) is 18.5 Å². The third kappa shape index (κ3) is 3.56. The highest BCUT2D eigenvalue weighted by Gasteiger charge is 2.24. The molecule has 5 nitrogen and oxygen atoms in total. The zero-order valence-corrected chi connectivity index (χ0v) is 10.1. The summed E-state index contributed by atoms with van der Waals surface area (Å²) in [6.45, 7) is 2.71. The Balaban J connectivity index is 1.91. The number of hydrogen-bond donors (Lipinski definition) is 1. The van der Waals surface area contributed by atoms with E-state index in [9.17, 15) is 0 Å². The van der Waals surface area contributed by atoms with Gasteiger partial charge in [-0.05, 0) is 25.7 Å². The van der Waals surface area contributed by atoms with E-state index in [0.717, 1.165) is 25.7 Å². The van der Waals surface area contributed by atoms with Crippen molar-refractivity contribution in [2.24, 2.45) is 5.73 Å². The molecule has 0 radical (unpaired) electrons. The number of hydrogen-bond acceptors (Lipinski definition) is 5. The van der Waals surface area contributed by atoms with Gasteiger partial charge in [0, 0.05) is 18.3 Å². The third-order valence-electron chi connectivity index (χ3n) is 2.76. The molecule has 0 spiro atoms. The summed E-state index contributed by atoms with van der Waals surface area (Å²) in [4.78, 5) is 8.28. The van der Waals surface area contributed by atoms with E-state index >= 15 is 0 Å². The molecule has 5 heteroatoms. The highest BCUT2D eigenvalue weighted by Crippen LogP contribution is 2.22. The van der Waals surface area contributed by atoms with E-state index in [4.69, 9.17) is 15.2 Å². The second kappa shape index (κ2) is 5.82. The van der Waals surface area contributed by atoms with Crippen molar-refractivity contribution in [3.63, 3.8) is 0 Å². The predicted octanol–water partition coefficient (Wildman–Crippen LogP) is 1.52. The fourth-order valence-electron chi connectivity index (χ4n) is 1.90. The Morgan fingerprint density at radius 2 is 2.35 bits per heavy atom. The standard InChI is InChI=1S/C12H19N3O2/c1-2-7-16-11-5-6-14-12(15-11)17-10-4-3-9(13)8-10/h5-6,9-10H,2-4,7-8,13H2,1H3. The molecule has 1 aliphatic carbocycles. The fraction of sp³-hybridized carbons (Fsp3) is 0.667. The van der Waals surface area contributed by atoms with E-state index in [2.05, 4.69) is 16.9 Å². The summed E-state index contributed by atoms with van der Waals surface area (Å²) in [6.07, 6.45) is 5.62. The van der Waals surface area contributed by atoms with Crippen LogP contribution >= 0.6 is 0 Å². The van der Waals surface area contributed by atoms with Gasteiger partial charge in [0.25, 0.3) is 0 Å². The van der Waals surface area contributed by atoms with Gasteiger partial charge in [0.05, 0.1) is 6.61 Å². The zero-order chi connectivity index (χ0) is 12.1. The van der Waals surface area contributed by atoms with Crippen LogP contribution in [-0.4, -0.2) is 28.7 Å². The van der Waals surface area contributed by atoms with Crippen LogP contribution in [0.5, 0.6) is 11.9 Å². The summed E-state index contributed by atoms with van der Waals surface area (Å²) >= 11 is 0. The van der Waals surface area contributed by atoms with Gasteiger partial charge in [0.15, 0.2) is 0 Å². The molecule has 1 aliphatic rings. The first-order chi connectivity index (χ1) is 8.28. The normalized spacial score (nSPS) is 23.6. The van der Waals surface area contributed by atoms with Crippen molar-refractivity contribution in [1.82, 2.24) is 9.97 Å². The zero-order valence-electron chi connectivity index (χ0n) is 10.1. The topological polar surface area (TPSA) is 70.3 Å². The van der Waals surface area contributed by atoms with Gasteiger partial charge in [-0.1, -0.05) is 6.92 Å². The van der Waals surface area contributed by atoms with Gasteiger partial charge in [-0.15, -0.1) is 0 Å². The summed E-state index contributed by atoms with van der Waals surface area (Å²) < 4.78 is 11.1. The van der Waals surface area contributed by atoms with Crippen LogP contribution in [0, 0.1) is 0 Å². The van der Waals surface area contributed by atoms with E-state index in [1.54, 1.807) is 12.3 Å². The lowest BCUT2D eigenvalue weighted by molar-refractivity contribution is 0.186. The lowest BCUT2D eigenvalue weighted by Gasteiger charge is -2.12. The Labute approximate surface area is 101 Å². The average molecular weight is 237 g/mol. The first-order valence-corrected chi connectivity index (χ1v) is 6.16. The molecule has 0 bridgehead atoms. The lowest BCUT2D eigenvalue weighted by Crippen LogP contribution is -2.19. The van der Waals surface area contributed by atoms with Crippen LogP contribution in [0.25, 0.3) is 0 Å². The van der Waals surface area contributed by atoms with Gasteiger partial charge in [-0.2, -0.15) is 4.98 Å². The molecule has 2 N–H and O–H groups in total. The maximum atomic E-state index is 5.83. The quantitative estimate of drug-likeness (QED) is 0.840. The molecule has 1 aromatic rings. The molecule has 17 heavy (non-hydrogen) atoms. The van der Waals surface area contributed by atoms with Crippen molar-refractivity contribution < 1.29 is 9.47 Å². The lowest BCUT2D eigenvalue weighted by atomic mass is 10.3. The summed E-state index contributed by atoms with van der Waals surface area (Å²) in [5.74, 6) is 0.569. The van der Waals surface area contributed by atoms with E-state index in [1.165, 1.54) is 0 Å². The summed E-state index contributed by atoms with van der Waals surface area (Å²) in [7, 11) is 0. The first-order valence-electron chi connectivity index (χ1n) is 6.16. The summed E-state index contributed by atoms with van der Waals surface area (Å²) in [5.41, 5.74) is 5.83. The van der Waals surface area contributed by atoms with Crippen molar-refractivity contribution in [2.45, 2.75) is 44.8 Å². The number of ether oxygens (including phenoxy) is 2. The molecule has 1 aromatic heterocycles. The number of aromatic nitrogens is 2. The van der Waals surface area contributed by atoms with Crippen molar-refractivity contribution in [1.29, 1.82) is 0 Å². The summed E-state index contributed by atoms with van der Waals surface area (Å²) in [6, 6.07) is 2.38. The molecule has 2 atom stereocenters. The predicted molar refractivity (Wildman–Crippen MR) is 64.1 cm³/mol. The molecule has 0 saturated heterocycles. The van der Waals surface area contributed by atoms with Gasteiger partial charge in [-0.3, -0.25) is 0 Å². The van der Waals surface area contributed by atoms with Crippen LogP contribution in [0.15, 0.2) is 12.3 Å². The molecule has 94 valence electrons. The Morgan fingerprint density at radius 1 is 1.47 bits per heavy atom. The van der Waals surface area contributed by atoms with Crippen LogP contribution in [0.3, 0.4) is 0 Å². The molecular formula is C12H19N3O2. The van der Waals surface area contributed by atoms with Crippen LogP contribution in [0.1, 0.15) is 32.6 Å². The Hall–Kier alpha value is -1.36. The molecule has 2 rings (SSSR count). The molecule has 1 heterocycles. The molecular weight excluding hydrogens is 218 g/mol. The van der Waals surface area contributed by atoms with Crippen molar-refractivity contribution in [2.75, 3.05) is 6.61 Å². The second-order valence-electron chi connectivity index (χ2n) is 4.34. The molecule has 2 unspecified atom stereocenters. The number of rotatable bonds is 5. The summed E-state index contributed by atoms with van der Waals surface area (Å²) in [5, 5.41) is 0. The number of nitrogens with zero attached hydrogens (tertiary/aromatic N) is 2. The number of nitrogens with two attached hydrogens (primary N) is 1. The Morgan fingerprint density at radius 3 is 3.06 bits per heavy atom. The average Bonchev–Trinajstić information content (AvgIpc) is 2.73. The van der Waals surface area contributed by atoms with E-state index in [-0.39, 0.29) is 12.1 Å². The highest BCUT2D eigenvalue weighted by atomic mass is 16.5. The van der Waals surface area contributed by atoms with Crippen molar-refractivity contribution in [3.05, 3.63) is 12.3 Å². The molecule has 1 saturated carbocycles. The molecule has 0 aromatic carbocycles. The molecule has 0 amide bonds. The highest BCUT2D eigenvalue weighted by molar-refractivity contribution is 5.11. The van der Waals surface area contributed by atoms with Crippen LogP contribution in [-0.2, 0) is 0 Å². The van der Waals surface area contributed by atoms with Gasteiger partial charge in [-0.25, -0.2) is 4.98 Å². The smallest absolute Gasteiger partial charge is 0.319 e. The van der Waals surface area contributed by atoms with Crippen LogP contribution in [0.4, 0.5) is 0 Å².